The van der Waals surface area contributed by atoms with Crippen LogP contribution in [0.3, 0.4) is 0 Å². The van der Waals surface area contributed by atoms with Crippen molar-refractivity contribution in [1.82, 2.24) is 5.32 Å². The van der Waals surface area contributed by atoms with E-state index in [0.29, 0.717) is 0 Å². The molecule has 0 spiro atoms. The van der Waals surface area contributed by atoms with Crippen molar-refractivity contribution in [2.75, 3.05) is 6.54 Å². The van der Waals surface area contributed by atoms with E-state index in [1.165, 1.54) is 0 Å². The topological polar surface area (TPSA) is 12.0 Å². The molecule has 1 N–H and O–H groups in total. The molecule has 0 saturated carbocycles. The third kappa shape index (κ3) is 3.34. The summed E-state index contributed by atoms with van der Waals surface area (Å²) < 4.78 is 0. The van der Waals surface area contributed by atoms with Crippen molar-refractivity contribution in [3.8, 4) is 0 Å². The number of allylic oxidation sites excluding steroid dienone is 2. The fraction of sp³-hybridized carbons (Fsp3) is 0.500. The van der Waals surface area contributed by atoms with Crippen LogP contribution in [0.4, 0.5) is 0 Å². The van der Waals surface area contributed by atoms with Crippen molar-refractivity contribution in [3.05, 3.63) is 46.0 Å². The fourth-order valence-electron chi connectivity index (χ4n) is 2.58. The molecule has 0 radical (unpaired) electrons. The molecule has 0 bridgehead atoms. The summed E-state index contributed by atoms with van der Waals surface area (Å²) in [5.41, 5.74) is 1.16. The molecule has 1 nitrogen and oxygen atoms in total. The molecule has 1 aliphatic rings. The molecule has 1 aliphatic carbocycles. The lowest BCUT2D eigenvalue weighted by Crippen LogP contribution is -2.45. The van der Waals surface area contributed by atoms with E-state index in [-0.39, 0.29) is 11.0 Å². The SMILES string of the molecule is CC(C)(C)NCC1(c2c(Cl)cccc2Cl)CC=CC1. The number of halogens is 2. The molecule has 0 amide bonds. The van der Waals surface area contributed by atoms with Crippen LogP contribution in [0.2, 0.25) is 10.0 Å². The van der Waals surface area contributed by atoms with Gasteiger partial charge >= 0.3 is 0 Å². The summed E-state index contributed by atoms with van der Waals surface area (Å²) in [6.07, 6.45) is 6.42. The first-order valence-electron chi connectivity index (χ1n) is 6.69. The molecule has 19 heavy (non-hydrogen) atoms. The van der Waals surface area contributed by atoms with Gasteiger partial charge in [0.15, 0.2) is 0 Å². The van der Waals surface area contributed by atoms with E-state index in [9.17, 15) is 0 Å². The predicted octanol–water partition coefficient (Wildman–Crippen LogP) is 4.97. The highest BCUT2D eigenvalue weighted by Gasteiger charge is 2.37. The second-order valence-electron chi connectivity index (χ2n) is 6.36. The van der Waals surface area contributed by atoms with Gasteiger partial charge in [-0.3, -0.25) is 0 Å². The lowest BCUT2D eigenvalue weighted by molar-refractivity contribution is 0.340. The molecule has 0 heterocycles. The Balaban J connectivity index is 2.35. The Bertz CT molecular complexity index is 458. The number of rotatable bonds is 3. The molecule has 0 fully saturated rings. The van der Waals surface area contributed by atoms with Gasteiger partial charge in [0.1, 0.15) is 0 Å². The van der Waals surface area contributed by atoms with Crippen LogP contribution in [0.5, 0.6) is 0 Å². The molecule has 1 aromatic carbocycles. The van der Waals surface area contributed by atoms with Crippen LogP contribution < -0.4 is 5.32 Å². The minimum Gasteiger partial charge on any atom is -0.311 e. The minimum atomic E-state index is -0.0112. The Morgan fingerprint density at radius 1 is 1.11 bits per heavy atom. The molecule has 0 aromatic heterocycles. The van der Waals surface area contributed by atoms with Gasteiger partial charge in [0.05, 0.1) is 0 Å². The molecule has 3 heteroatoms. The Hall–Kier alpha value is -0.500. The Morgan fingerprint density at radius 3 is 2.11 bits per heavy atom. The largest absolute Gasteiger partial charge is 0.311 e. The first kappa shape index (κ1) is 14.9. The Morgan fingerprint density at radius 2 is 1.63 bits per heavy atom. The summed E-state index contributed by atoms with van der Waals surface area (Å²) >= 11 is 12.8. The molecule has 2 rings (SSSR count). The molecular weight excluding hydrogens is 277 g/mol. The van der Waals surface area contributed by atoms with Gasteiger partial charge in [-0.1, -0.05) is 41.4 Å². The summed E-state index contributed by atoms with van der Waals surface area (Å²) in [5.74, 6) is 0. The molecule has 0 aliphatic heterocycles. The van der Waals surface area contributed by atoms with E-state index in [0.717, 1.165) is 35.0 Å². The third-order valence-electron chi connectivity index (χ3n) is 3.63. The van der Waals surface area contributed by atoms with Crippen LogP contribution in [0.1, 0.15) is 39.2 Å². The number of nitrogens with one attached hydrogen (secondary N) is 1. The van der Waals surface area contributed by atoms with Crippen LogP contribution in [0.15, 0.2) is 30.4 Å². The molecule has 0 unspecified atom stereocenters. The predicted molar refractivity (Wildman–Crippen MR) is 84.3 cm³/mol. The maximum atomic E-state index is 6.41. The van der Waals surface area contributed by atoms with Gasteiger partial charge in [-0.2, -0.15) is 0 Å². The Labute approximate surface area is 126 Å². The van der Waals surface area contributed by atoms with Crippen molar-refractivity contribution in [3.63, 3.8) is 0 Å². The average molecular weight is 298 g/mol. The molecule has 0 atom stereocenters. The maximum Gasteiger partial charge on any atom is 0.0459 e. The van der Waals surface area contributed by atoms with Crippen LogP contribution >= 0.6 is 23.2 Å². The standard InChI is InChI=1S/C16H21Cl2N/c1-15(2,3)19-11-16(9-4-5-10-16)14-12(17)7-6-8-13(14)18/h4-8,19H,9-11H2,1-3H3. The summed E-state index contributed by atoms with van der Waals surface area (Å²) in [6.45, 7) is 7.42. The van der Waals surface area contributed by atoms with Gasteiger partial charge in [0.25, 0.3) is 0 Å². The molecular formula is C16H21Cl2N. The first-order valence-corrected chi connectivity index (χ1v) is 7.44. The Kier molecular flexibility index (Phi) is 4.29. The van der Waals surface area contributed by atoms with E-state index in [1.54, 1.807) is 0 Å². The monoisotopic (exact) mass is 297 g/mol. The third-order valence-corrected chi connectivity index (χ3v) is 4.26. The van der Waals surface area contributed by atoms with Gasteiger partial charge < -0.3 is 5.32 Å². The number of hydrogen-bond acceptors (Lipinski definition) is 1. The minimum absolute atomic E-state index is 0.0112. The summed E-state index contributed by atoms with van der Waals surface area (Å²) in [4.78, 5) is 0. The second kappa shape index (κ2) is 5.47. The van der Waals surface area contributed by atoms with E-state index < -0.39 is 0 Å². The van der Waals surface area contributed by atoms with E-state index in [4.69, 9.17) is 23.2 Å². The van der Waals surface area contributed by atoms with Gasteiger partial charge in [-0.15, -0.1) is 0 Å². The highest BCUT2D eigenvalue weighted by molar-refractivity contribution is 6.36. The summed E-state index contributed by atoms with van der Waals surface area (Å²) in [5, 5.41) is 5.14. The van der Waals surface area contributed by atoms with Gasteiger partial charge in [-0.05, 0) is 51.3 Å². The van der Waals surface area contributed by atoms with Crippen LogP contribution in [0.25, 0.3) is 0 Å². The summed E-state index contributed by atoms with van der Waals surface area (Å²) in [7, 11) is 0. The van der Waals surface area contributed by atoms with Crippen molar-refractivity contribution < 1.29 is 0 Å². The lowest BCUT2D eigenvalue weighted by Gasteiger charge is -2.35. The van der Waals surface area contributed by atoms with Gasteiger partial charge in [-0.25, -0.2) is 0 Å². The van der Waals surface area contributed by atoms with Crippen molar-refractivity contribution in [2.24, 2.45) is 0 Å². The summed E-state index contributed by atoms with van der Waals surface area (Å²) in [6, 6.07) is 5.77. The van der Waals surface area contributed by atoms with E-state index in [1.807, 2.05) is 18.2 Å². The first-order chi connectivity index (χ1) is 8.84. The van der Waals surface area contributed by atoms with Gasteiger partial charge in [0, 0.05) is 27.5 Å². The van der Waals surface area contributed by atoms with Crippen LogP contribution in [-0.4, -0.2) is 12.1 Å². The molecule has 1 aromatic rings. The van der Waals surface area contributed by atoms with E-state index >= 15 is 0 Å². The molecule has 104 valence electrons. The highest BCUT2D eigenvalue weighted by Crippen LogP contribution is 2.43. The average Bonchev–Trinajstić information content (AvgIpc) is 2.75. The second-order valence-corrected chi connectivity index (χ2v) is 7.17. The zero-order valence-corrected chi connectivity index (χ0v) is 13.3. The van der Waals surface area contributed by atoms with Crippen LogP contribution in [0, 0.1) is 0 Å². The van der Waals surface area contributed by atoms with Gasteiger partial charge in [0.2, 0.25) is 0 Å². The van der Waals surface area contributed by atoms with E-state index in [2.05, 4.69) is 38.2 Å². The zero-order chi connectivity index (χ0) is 14.1. The number of hydrogen-bond donors (Lipinski definition) is 1. The zero-order valence-electron chi connectivity index (χ0n) is 11.8. The van der Waals surface area contributed by atoms with Crippen molar-refractivity contribution >= 4 is 23.2 Å². The normalized spacial score (nSPS) is 17.9. The highest BCUT2D eigenvalue weighted by atomic mass is 35.5. The quantitative estimate of drug-likeness (QED) is 0.777. The fourth-order valence-corrected chi connectivity index (χ4v) is 3.38. The van der Waals surface area contributed by atoms with Crippen molar-refractivity contribution in [1.29, 1.82) is 0 Å². The lowest BCUT2D eigenvalue weighted by atomic mass is 9.77. The van der Waals surface area contributed by atoms with Crippen LogP contribution in [-0.2, 0) is 5.41 Å². The molecule has 0 saturated heterocycles. The maximum absolute atomic E-state index is 6.41. The number of benzene rings is 1. The van der Waals surface area contributed by atoms with Crippen molar-refractivity contribution in [2.45, 2.75) is 44.6 Å². The smallest absolute Gasteiger partial charge is 0.0459 e.